The van der Waals surface area contributed by atoms with E-state index in [1.807, 2.05) is 18.2 Å². The summed E-state index contributed by atoms with van der Waals surface area (Å²) in [6, 6.07) is 8.16. The number of nitrogens with zero attached hydrogens (tertiary/aromatic N) is 1. The summed E-state index contributed by atoms with van der Waals surface area (Å²) in [6.45, 7) is 5.96. The lowest BCUT2D eigenvalue weighted by atomic mass is 9.95. The van der Waals surface area contributed by atoms with Crippen molar-refractivity contribution in [1.82, 2.24) is 10.2 Å². The van der Waals surface area contributed by atoms with Crippen LogP contribution in [-0.2, 0) is 16.0 Å². The van der Waals surface area contributed by atoms with Crippen molar-refractivity contribution in [3.05, 3.63) is 35.4 Å². The number of hydrogen-bond donors (Lipinski definition) is 2. The Morgan fingerprint density at radius 3 is 2.92 bits per heavy atom. The molecule has 1 aromatic carbocycles. The quantitative estimate of drug-likeness (QED) is 0.826. The van der Waals surface area contributed by atoms with Gasteiger partial charge in [0, 0.05) is 13.1 Å². The number of aliphatic hydroxyl groups is 1. The number of ether oxygens (including phenoxy) is 1. The van der Waals surface area contributed by atoms with Crippen LogP contribution < -0.4 is 5.32 Å². The zero-order chi connectivity index (χ0) is 17.6. The molecule has 2 N–H and O–H groups in total. The highest BCUT2D eigenvalue weighted by Crippen LogP contribution is 2.29. The van der Waals surface area contributed by atoms with E-state index < -0.39 is 6.10 Å². The summed E-state index contributed by atoms with van der Waals surface area (Å²) in [6.07, 6.45) is 2.91. The highest BCUT2D eigenvalue weighted by Gasteiger charge is 2.23. The molecule has 0 bridgehead atoms. The van der Waals surface area contributed by atoms with Gasteiger partial charge in [-0.2, -0.15) is 0 Å². The van der Waals surface area contributed by atoms with E-state index in [1.54, 1.807) is 0 Å². The molecule has 2 aliphatic rings. The number of carbonyl (C=O) groups excluding carboxylic acids is 1. The maximum atomic E-state index is 12.2. The van der Waals surface area contributed by atoms with Gasteiger partial charge in [-0.1, -0.05) is 31.2 Å². The number of hydrogen-bond acceptors (Lipinski definition) is 4. The van der Waals surface area contributed by atoms with Crippen molar-refractivity contribution in [2.75, 3.05) is 32.8 Å². The minimum absolute atomic E-state index is 0.0620. The Morgan fingerprint density at radius 2 is 2.12 bits per heavy atom. The van der Waals surface area contributed by atoms with E-state index in [-0.39, 0.29) is 12.0 Å². The third-order valence-corrected chi connectivity index (χ3v) is 5.34. The van der Waals surface area contributed by atoms with Crippen LogP contribution in [0.25, 0.3) is 0 Å². The fourth-order valence-electron chi connectivity index (χ4n) is 3.73. The normalized spacial score (nSPS) is 23.0. The Bertz CT molecular complexity index is 570. The molecular formula is C20H30N2O3. The molecule has 25 heavy (non-hydrogen) atoms. The van der Waals surface area contributed by atoms with Crippen molar-refractivity contribution in [1.29, 1.82) is 0 Å². The van der Waals surface area contributed by atoms with E-state index in [1.165, 1.54) is 18.4 Å². The lowest BCUT2D eigenvalue weighted by molar-refractivity contribution is -0.125. The lowest BCUT2D eigenvalue weighted by Gasteiger charge is -2.31. The van der Waals surface area contributed by atoms with Crippen LogP contribution in [0.3, 0.4) is 0 Å². The Labute approximate surface area is 150 Å². The van der Waals surface area contributed by atoms with Crippen LogP contribution in [0.15, 0.2) is 24.3 Å². The van der Waals surface area contributed by atoms with Gasteiger partial charge in [-0.15, -0.1) is 0 Å². The molecule has 2 atom stereocenters. The van der Waals surface area contributed by atoms with Crippen molar-refractivity contribution < 1.29 is 14.6 Å². The molecule has 138 valence electrons. The second-order valence-corrected chi connectivity index (χ2v) is 7.45. The monoisotopic (exact) mass is 346 g/mol. The van der Waals surface area contributed by atoms with Crippen molar-refractivity contribution in [3.63, 3.8) is 0 Å². The zero-order valence-electron chi connectivity index (χ0n) is 15.1. The van der Waals surface area contributed by atoms with Crippen molar-refractivity contribution in [3.8, 4) is 0 Å². The largest absolute Gasteiger partial charge is 0.390 e. The van der Waals surface area contributed by atoms with E-state index in [2.05, 4.69) is 23.2 Å². The van der Waals surface area contributed by atoms with E-state index in [9.17, 15) is 9.90 Å². The van der Waals surface area contributed by atoms with Crippen LogP contribution in [0, 0.1) is 5.92 Å². The van der Waals surface area contributed by atoms with Gasteiger partial charge in [0.25, 0.3) is 0 Å². The zero-order valence-corrected chi connectivity index (χ0v) is 15.1. The van der Waals surface area contributed by atoms with E-state index in [0.717, 1.165) is 31.0 Å². The van der Waals surface area contributed by atoms with Crippen LogP contribution in [0.5, 0.6) is 0 Å². The third kappa shape index (κ3) is 5.27. The van der Waals surface area contributed by atoms with Gasteiger partial charge < -0.3 is 20.1 Å². The predicted octanol–water partition coefficient (Wildman–Crippen LogP) is 1.90. The average Bonchev–Trinajstić information content (AvgIpc) is 2.62. The summed E-state index contributed by atoms with van der Waals surface area (Å²) < 4.78 is 5.78. The molecule has 2 aliphatic heterocycles. The Hall–Kier alpha value is -1.43. The average molecular weight is 346 g/mol. The summed E-state index contributed by atoms with van der Waals surface area (Å²) in [5, 5.41) is 13.1. The first-order chi connectivity index (χ1) is 12.1. The standard InChI is InChI=1S/C20H30N2O3/c1-15-6-9-22(10-7-15)14-17(23)13-21-20(24)12-19-18-5-3-2-4-16(18)8-11-25-19/h2-5,15,17,19,23H,6-14H2,1H3,(H,21,24). The molecule has 3 rings (SSSR count). The highest BCUT2D eigenvalue weighted by molar-refractivity contribution is 5.76. The topological polar surface area (TPSA) is 61.8 Å². The number of benzene rings is 1. The summed E-state index contributed by atoms with van der Waals surface area (Å²) in [5.41, 5.74) is 2.39. The molecule has 0 aliphatic carbocycles. The van der Waals surface area contributed by atoms with Gasteiger partial charge in [0.2, 0.25) is 5.91 Å². The van der Waals surface area contributed by atoms with Crippen LogP contribution in [0.2, 0.25) is 0 Å². The van der Waals surface area contributed by atoms with Crippen LogP contribution in [0.1, 0.15) is 43.4 Å². The SMILES string of the molecule is CC1CCN(CC(O)CNC(=O)CC2OCCc3ccccc32)CC1. The number of piperidine rings is 1. The summed E-state index contributed by atoms with van der Waals surface area (Å²) in [4.78, 5) is 14.5. The molecule has 0 aromatic heterocycles. The summed E-state index contributed by atoms with van der Waals surface area (Å²) in [5.74, 6) is 0.722. The first kappa shape index (κ1) is 18.4. The molecule has 2 unspecified atom stereocenters. The smallest absolute Gasteiger partial charge is 0.223 e. The minimum atomic E-state index is -0.517. The summed E-state index contributed by atoms with van der Waals surface area (Å²) >= 11 is 0. The Kier molecular flexibility index (Phi) is 6.45. The van der Waals surface area contributed by atoms with Gasteiger partial charge in [-0.3, -0.25) is 4.79 Å². The van der Waals surface area contributed by atoms with Gasteiger partial charge in [-0.05, 0) is 49.4 Å². The first-order valence-corrected chi connectivity index (χ1v) is 9.48. The van der Waals surface area contributed by atoms with Gasteiger partial charge in [-0.25, -0.2) is 0 Å². The maximum Gasteiger partial charge on any atom is 0.223 e. The lowest BCUT2D eigenvalue weighted by Crippen LogP contribution is -2.43. The van der Waals surface area contributed by atoms with E-state index in [4.69, 9.17) is 4.74 Å². The Morgan fingerprint density at radius 1 is 1.36 bits per heavy atom. The number of nitrogens with one attached hydrogen (secondary N) is 1. The van der Waals surface area contributed by atoms with Crippen molar-refractivity contribution in [2.24, 2.45) is 5.92 Å². The molecule has 0 saturated carbocycles. The second kappa shape index (κ2) is 8.79. The molecule has 5 nitrogen and oxygen atoms in total. The van der Waals surface area contributed by atoms with Gasteiger partial charge in [0.1, 0.15) is 0 Å². The predicted molar refractivity (Wildman–Crippen MR) is 97.3 cm³/mol. The fourth-order valence-corrected chi connectivity index (χ4v) is 3.73. The highest BCUT2D eigenvalue weighted by atomic mass is 16.5. The third-order valence-electron chi connectivity index (χ3n) is 5.34. The van der Waals surface area contributed by atoms with Crippen LogP contribution in [0.4, 0.5) is 0 Å². The minimum Gasteiger partial charge on any atom is -0.390 e. The number of rotatable bonds is 6. The molecule has 2 heterocycles. The Balaban J connectivity index is 1.41. The molecule has 0 radical (unpaired) electrons. The molecule has 1 aromatic rings. The maximum absolute atomic E-state index is 12.2. The van der Waals surface area contributed by atoms with Crippen LogP contribution >= 0.6 is 0 Å². The number of carbonyl (C=O) groups is 1. The van der Waals surface area contributed by atoms with Crippen molar-refractivity contribution >= 4 is 5.91 Å². The number of likely N-dealkylation sites (tertiary alicyclic amines) is 1. The van der Waals surface area contributed by atoms with Crippen LogP contribution in [-0.4, -0.2) is 54.8 Å². The number of aliphatic hydroxyl groups excluding tert-OH is 1. The van der Waals surface area contributed by atoms with E-state index in [0.29, 0.717) is 26.1 Å². The molecule has 1 fully saturated rings. The van der Waals surface area contributed by atoms with Gasteiger partial charge in [0.15, 0.2) is 0 Å². The number of amides is 1. The first-order valence-electron chi connectivity index (χ1n) is 9.48. The fraction of sp³-hybridized carbons (Fsp3) is 0.650. The second-order valence-electron chi connectivity index (χ2n) is 7.45. The van der Waals surface area contributed by atoms with Crippen molar-refractivity contribution in [2.45, 2.75) is 44.8 Å². The molecule has 0 spiro atoms. The molecular weight excluding hydrogens is 316 g/mol. The molecule has 5 heteroatoms. The van der Waals surface area contributed by atoms with E-state index >= 15 is 0 Å². The van der Waals surface area contributed by atoms with Gasteiger partial charge in [0.05, 0.1) is 25.2 Å². The summed E-state index contributed by atoms with van der Waals surface area (Å²) in [7, 11) is 0. The molecule has 1 saturated heterocycles. The van der Waals surface area contributed by atoms with Gasteiger partial charge >= 0.3 is 0 Å². The number of fused-ring (bicyclic) bond motifs is 1. The molecule has 1 amide bonds. The number of β-amino-alcohol motifs (C(OH)–C–C–N with tert-alkyl or cyclic N) is 1.